The first kappa shape index (κ1) is 19.7. The number of aryl methyl sites for hydroxylation is 2. The van der Waals surface area contributed by atoms with Gasteiger partial charge in [0, 0.05) is 5.69 Å². The molecule has 3 rings (SSSR count). The number of ether oxygens (including phenoxy) is 1. The number of nitrogens with one attached hydrogen (secondary N) is 1. The Kier molecular flexibility index (Phi) is 5.84. The molecule has 0 radical (unpaired) electrons. The molecule has 0 saturated carbocycles. The van der Waals surface area contributed by atoms with Gasteiger partial charge in [0.05, 0.1) is 12.0 Å². The predicted molar refractivity (Wildman–Crippen MR) is 110 cm³/mol. The number of nitrogens with zero attached hydrogens (tertiary/aromatic N) is 1. The van der Waals surface area contributed by atoms with Crippen molar-refractivity contribution in [2.75, 3.05) is 19.0 Å². The molecule has 0 aromatic heterocycles. The molecule has 28 heavy (non-hydrogen) atoms. The molecule has 3 amide bonds. The van der Waals surface area contributed by atoms with Crippen molar-refractivity contribution in [2.45, 2.75) is 13.8 Å². The number of carbonyl (C=O) groups excluding carboxylic acids is 3. The Morgan fingerprint density at radius 3 is 2.54 bits per heavy atom. The number of thioether (sulfide) groups is 1. The molecule has 2 aromatic carbocycles. The van der Waals surface area contributed by atoms with E-state index in [0.29, 0.717) is 11.4 Å². The zero-order valence-electron chi connectivity index (χ0n) is 15.8. The summed E-state index contributed by atoms with van der Waals surface area (Å²) < 4.78 is 5.10. The number of hydrogen-bond acceptors (Lipinski definition) is 5. The fourth-order valence-electron chi connectivity index (χ4n) is 2.69. The average molecular weight is 396 g/mol. The Morgan fingerprint density at radius 2 is 1.86 bits per heavy atom. The lowest BCUT2D eigenvalue weighted by Crippen LogP contribution is -2.36. The van der Waals surface area contributed by atoms with Gasteiger partial charge in [-0.3, -0.25) is 19.3 Å². The maximum absolute atomic E-state index is 12.6. The van der Waals surface area contributed by atoms with E-state index in [1.165, 1.54) is 0 Å². The van der Waals surface area contributed by atoms with Crippen molar-refractivity contribution >= 4 is 40.6 Å². The molecule has 1 N–H and O–H groups in total. The minimum absolute atomic E-state index is 0.287. The quantitative estimate of drug-likeness (QED) is 0.774. The van der Waals surface area contributed by atoms with Crippen LogP contribution in [0.3, 0.4) is 0 Å². The number of rotatable bonds is 5. The third-order valence-electron chi connectivity index (χ3n) is 4.26. The number of imide groups is 1. The zero-order valence-corrected chi connectivity index (χ0v) is 16.6. The second kappa shape index (κ2) is 8.31. The summed E-state index contributed by atoms with van der Waals surface area (Å²) in [5.41, 5.74) is 3.36. The Morgan fingerprint density at radius 1 is 1.14 bits per heavy atom. The first-order valence-electron chi connectivity index (χ1n) is 8.64. The van der Waals surface area contributed by atoms with Gasteiger partial charge in [-0.25, -0.2) is 0 Å². The first-order valence-corrected chi connectivity index (χ1v) is 9.45. The van der Waals surface area contributed by atoms with E-state index in [0.717, 1.165) is 33.4 Å². The van der Waals surface area contributed by atoms with Crippen LogP contribution >= 0.6 is 11.8 Å². The van der Waals surface area contributed by atoms with Crippen LogP contribution in [0.15, 0.2) is 47.4 Å². The molecule has 7 heteroatoms. The summed E-state index contributed by atoms with van der Waals surface area (Å²) in [5, 5.41) is 2.31. The molecule has 1 heterocycles. The average Bonchev–Trinajstić information content (AvgIpc) is 2.92. The van der Waals surface area contributed by atoms with Crippen LogP contribution in [0, 0.1) is 13.8 Å². The predicted octanol–water partition coefficient (Wildman–Crippen LogP) is 3.99. The molecule has 0 spiro atoms. The lowest BCUT2D eigenvalue weighted by atomic mass is 10.1. The highest BCUT2D eigenvalue weighted by Gasteiger charge is 2.36. The number of amides is 3. The topological polar surface area (TPSA) is 75.7 Å². The maximum Gasteiger partial charge on any atom is 0.294 e. The number of benzene rings is 2. The maximum atomic E-state index is 12.6. The second-order valence-corrected chi connectivity index (χ2v) is 7.40. The van der Waals surface area contributed by atoms with Gasteiger partial charge in [0.15, 0.2) is 0 Å². The van der Waals surface area contributed by atoms with Crippen LogP contribution in [-0.2, 0) is 9.59 Å². The van der Waals surface area contributed by atoms with Crippen molar-refractivity contribution in [1.82, 2.24) is 4.90 Å². The monoisotopic (exact) mass is 396 g/mol. The summed E-state index contributed by atoms with van der Waals surface area (Å²) >= 11 is 0.828. The first-order chi connectivity index (χ1) is 13.4. The normalized spacial score (nSPS) is 15.2. The van der Waals surface area contributed by atoms with E-state index < -0.39 is 17.1 Å². The summed E-state index contributed by atoms with van der Waals surface area (Å²) in [6.07, 6.45) is 1.63. The van der Waals surface area contributed by atoms with Crippen molar-refractivity contribution < 1.29 is 19.1 Å². The Hall–Kier alpha value is -3.06. The SMILES string of the molecule is COc1ccc(/C=C2/SC(=O)N(CC(=O)Nc3cc(C)ccc3C)C2=O)cc1. The van der Waals surface area contributed by atoms with E-state index in [2.05, 4.69) is 5.32 Å². The van der Waals surface area contributed by atoms with Crippen molar-refractivity contribution in [3.63, 3.8) is 0 Å². The number of hydrogen-bond donors (Lipinski definition) is 1. The van der Waals surface area contributed by atoms with Crippen LogP contribution in [0.25, 0.3) is 6.08 Å². The van der Waals surface area contributed by atoms with Gasteiger partial charge in [0.25, 0.3) is 11.1 Å². The highest BCUT2D eigenvalue weighted by molar-refractivity contribution is 8.18. The molecule has 1 aliphatic heterocycles. The molecule has 1 fully saturated rings. The van der Waals surface area contributed by atoms with E-state index in [1.807, 2.05) is 32.0 Å². The standard InChI is InChI=1S/C21H20N2O4S/c1-13-4-5-14(2)17(10-13)22-19(24)12-23-20(25)18(28-21(23)26)11-15-6-8-16(27-3)9-7-15/h4-11H,12H2,1-3H3,(H,22,24)/b18-11+. The van der Waals surface area contributed by atoms with E-state index in [4.69, 9.17) is 4.74 Å². The van der Waals surface area contributed by atoms with Gasteiger partial charge in [-0.05, 0) is 66.6 Å². The third kappa shape index (κ3) is 4.43. The number of methoxy groups -OCH3 is 1. The van der Waals surface area contributed by atoms with E-state index in [1.54, 1.807) is 37.5 Å². The number of carbonyl (C=O) groups is 3. The van der Waals surface area contributed by atoms with Crippen molar-refractivity contribution in [3.8, 4) is 5.75 Å². The lowest BCUT2D eigenvalue weighted by Gasteiger charge is -2.14. The van der Waals surface area contributed by atoms with Crippen molar-refractivity contribution in [2.24, 2.45) is 0 Å². The summed E-state index contributed by atoms with van der Waals surface area (Å²) in [6, 6.07) is 12.8. The molecule has 144 valence electrons. The van der Waals surface area contributed by atoms with Gasteiger partial charge >= 0.3 is 0 Å². The summed E-state index contributed by atoms with van der Waals surface area (Å²) in [5.74, 6) is -0.183. The van der Waals surface area contributed by atoms with E-state index in [-0.39, 0.29) is 11.4 Å². The smallest absolute Gasteiger partial charge is 0.294 e. The third-order valence-corrected chi connectivity index (χ3v) is 5.16. The fourth-order valence-corrected chi connectivity index (χ4v) is 3.53. The highest BCUT2D eigenvalue weighted by Crippen LogP contribution is 2.32. The van der Waals surface area contributed by atoms with E-state index in [9.17, 15) is 14.4 Å². The molecular weight excluding hydrogens is 376 g/mol. The molecule has 2 aromatic rings. The molecule has 0 unspecified atom stereocenters. The van der Waals surface area contributed by atoms with Crippen LogP contribution in [-0.4, -0.2) is 35.6 Å². The van der Waals surface area contributed by atoms with Gasteiger partial charge in [-0.15, -0.1) is 0 Å². The van der Waals surface area contributed by atoms with Gasteiger partial charge in [-0.1, -0.05) is 24.3 Å². The summed E-state index contributed by atoms with van der Waals surface area (Å²) in [4.78, 5) is 38.4. The molecule has 0 bridgehead atoms. The lowest BCUT2D eigenvalue weighted by molar-refractivity contribution is -0.127. The largest absolute Gasteiger partial charge is 0.497 e. The van der Waals surface area contributed by atoms with E-state index >= 15 is 0 Å². The minimum atomic E-state index is -0.470. The summed E-state index contributed by atoms with van der Waals surface area (Å²) in [7, 11) is 1.57. The molecule has 0 aliphatic carbocycles. The van der Waals surface area contributed by atoms with Crippen LogP contribution in [0.1, 0.15) is 16.7 Å². The molecule has 1 saturated heterocycles. The van der Waals surface area contributed by atoms with Crippen LogP contribution < -0.4 is 10.1 Å². The van der Waals surface area contributed by atoms with Gasteiger partial charge in [0.2, 0.25) is 5.91 Å². The molecule has 6 nitrogen and oxygen atoms in total. The minimum Gasteiger partial charge on any atom is -0.497 e. The molecule has 1 aliphatic rings. The van der Waals surface area contributed by atoms with Crippen LogP contribution in [0.4, 0.5) is 10.5 Å². The Balaban J connectivity index is 1.70. The Bertz CT molecular complexity index is 967. The highest BCUT2D eigenvalue weighted by atomic mass is 32.2. The second-order valence-electron chi connectivity index (χ2n) is 6.41. The van der Waals surface area contributed by atoms with Gasteiger partial charge in [-0.2, -0.15) is 0 Å². The van der Waals surface area contributed by atoms with Crippen molar-refractivity contribution in [3.05, 3.63) is 64.1 Å². The molecular formula is C21H20N2O4S. The summed E-state index contributed by atoms with van der Waals surface area (Å²) in [6.45, 7) is 3.49. The Labute approximate surface area is 167 Å². The number of anilines is 1. The van der Waals surface area contributed by atoms with Crippen LogP contribution in [0.2, 0.25) is 0 Å². The molecule has 0 atom stereocenters. The fraction of sp³-hybridized carbons (Fsp3) is 0.190. The van der Waals surface area contributed by atoms with Gasteiger partial charge in [0.1, 0.15) is 12.3 Å². The zero-order chi connectivity index (χ0) is 20.3. The van der Waals surface area contributed by atoms with Gasteiger partial charge < -0.3 is 10.1 Å². The van der Waals surface area contributed by atoms with Crippen LogP contribution in [0.5, 0.6) is 5.75 Å². The van der Waals surface area contributed by atoms with Crippen molar-refractivity contribution in [1.29, 1.82) is 0 Å².